The highest BCUT2D eigenvalue weighted by Gasteiger charge is 2.33. The van der Waals surface area contributed by atoms with Crippen LogP contribution in [0.1, 0.15) is 65.2 Å². The Morgan fingerprint density at radius 3 is 2.63 bits per heavy atom. The topological polar surface area (TPSA) is 81.7 Å². The van der Waals surface area contributed by atoms with Gasteiger partial charge in [0.05, 0.1) is 18.7 Å². The zero-order valence-electron chi connectivity index (χ0n) is 18.8. The highest BCUT2D eigenvalue weighted by atomic mass is 16.3. The number of aliphatic hydroxyl groups excluding tert-OH is 1. The van der Waals surface area contributed by atoms with Crippen molar-refractivity contribution in [2.45, 2.75) is 77.4 Å². The molecule has 0 radical (unpaired) electrons. The van der Waals surface area contributed by atoms with Gasteiger partial charge in [-0.3, -0.25) is 9.59 Å². The average Bonchev–Trinajstić information content (AvgIpc) is 2.75. The van der Waals surface area contributed by atoms with Crippen LogP contribution in [0.25, 0.3) is 0 Å². The van der Waals surface area contributed by atoms with E-state index in [2.05, 4.69) is 47.6 Å². The average molecular weight is 420 g/mol. The number of amides is 2. The third-order valence-electron chi connectivity index (χ3n) is 6.47. The quantitative estimate of drug-likeness (QED) is 0.336. The van der Waals surface area contributed by atoms with Crippen molar-refractivity contribution < 1.29 is 14.7 Å². The standard InChI is InChI=1S/C24H41N3O3/c1-3-5-9-19(8-4-2)14-22(26-24(30)15-25-18-28)23(29)17-27-13-12-20-10-6-7-11-21(20)16-27/h5,8-9,18,20-23,29H,3-4,6-7,10-17H2,1-2H3,(H,25,28)(H,26,30)/b9-5-,19-8+. The predicted molar refractivity (Wildman–Crippen MR) is 121 cm³/mol. The van der Waals surface area contributed by atoms with E-state index >= 15 is 0 Å². The van der Waals surface area contributed by atoms with Crippen LogP contribution in [0.5, 0.6) is 0 Å². The number of nitrogens with zero attached hydrogens (tertiary/aromatic N) is 1. The second kappa shape index (κ2) is 13.6. The third-order valence-corrected chi connectivity index (χ3v) is 6.47. The second-order valence-corrected chi connectivity index (χ2v) is 8.80. The number of hydrogen-bond acceptors (Lipinski definition) is 4. The second-order valence-electron chi connectivity index (χ2n) is 8.80. The molecule has 0 aromatic rings. The van der Waals surface area contributed by atoms with Gasteiger partial charge in [-0.1, -0.05) is 56.9 Å². The lowest BCUT2D eigenvalue weighted by Gasteiger charge is -2.42. The van der Waals surface area contributed by atoms with E-state index in [0.29, 0.717) is 19.4 Å². The van der Waals surface area contributed by atoms with Crippen molar-refractivity contribution in [3.8, 4) is 0 Å². The van der Waals surface area contributed by atoms with Crippen molar-refractivity contribution in [3.05, 3.63) is 23.8 Å². The van der Waals surface area contributed by atoms with Crippen LogP contribution in [-0.2, 0) is 9.59 Å². The van der Waals surface area contributed by atoms with Gasteiger partial charge in [0.1, 0.15) is 0 Å². The van der Waals surface area contributed by atoms with Gasteiger partial charge in [-0.25, -0.2) is 0 Å². The summed E-state index contributed by atoms with van der Waals surface area (Å²) in [6, 6.07) is -0.380. The normalized spacial score (nSPS) is 24.8. The summed E-state index contributed by atoms with van der Waals surface area (Å²) in [5.74, 6) is 1.34. The minimum absolute atomic E-state index is 0.0716. The molecule has 1 aliphatic carbocycles. The summed E-state index contributed by atoms with van der Waals surface area (Å²) in [5, 5.41) is 16.4. The van der Waals surface area contributed by atoms with Gasteiger partial charge in [0.2, 0.25) is 12.3 Å². The fourth-order valence-electron chi connectivity index (χ4n) is 4.91. The molecule has 2 rings (SSSR count). The molecule has 2 amide bonds. The Morgan fingerprint density at radius 1 is 1.17 bits per heavy atom. The van der Waals surface area contributed by atoms with Crippen LogP contribution < -0.4 is 10.6 Å². The van der Waals surface area contributed by atoms with Crippen molar-refractivity contribution in [1.29, 1.82) is 0 Å². The first-order chi connectivity index (χ1) is 14.6. The maximum absolute atomic E-state index is 12.3. The summed E-state index contributed by atoms with van der Waals surface area (Å²) in [7, 11) is 0. The number of β-amino-alcohol motifs (C(OH)–C–C–N with tert-alkyl or cyclic N) is 1. The predicted octanol–water partition coefficient (Wildman–Crippen LogP) is 2.78. The highest BCUT2D eigenvalue weighted by molar-refractivity contribution is 5.80. The molecular weight excluding hydrogens is 378 g/mol. The number of rotatable bonds is 12. The number of likely N-dealkylation sites (tertiary alicyclic amines) is 1. The summed E-state index contributed by atoms with van der Waals surface area (Å²) < 4.78 is 0. The van der Waals surface area contributed by atoms with Crippen molar-refractivity contribution in [1.82, 2.24) is 15.5 Å². The number of piperidine rings is 1. The molecule has 2 fully saturated rings. The summed E-state index contributed by atoms with van der Waals surface area (Å²) in [6.07, 6.45) is 15.2. The number of carbonyl (C=O) groups excluding carboxylic acids is 2. The van der Waals surface area contributed by atoms with E-state index in [4.69, 9.17) is 0 Å². The summed E-state index contributed by atoms with van der Waals surface area (Å²) in [6.45, 7) is 6.77. The van der Waals surface area contributed by atoms with E-state index in [-0.39, 0.29) is 18.5 Å². The number of nitrogens with one attached hydrogen (secondary N) is 2. The lowest BCUT2D eigenvalue weighted by Crippen LogP contribution is -2.52. The van der Waals surface area contributed by atoms with Crippen LogP contribution in [0.4, 0.5) is 0 Å². The van der Waals surface area contributed by atoms with Gasteiger partial charge in [0.25, 0.3) is 0 Å². The van der Waals surface area contributed by atoms with Crippen LogP contribution >= 0.6 is 0 Å². The molecule has 2 aliphatic rings. The number of hydrogen-bond donors (Lipinski definition) is 3. The fourth-order valence-corrected chi connectivity index (χ4v) is 4.91. The maximum Gasteiger partial charge on any atom is 0.239 e. The van der Waals surface area contributed by atoms with Crippen molar-refractivity contribution >= 4 is 12.3 Å². The van der Waals surface area contributed by atoms with Crippen molar-refractivity contribution in [2.75, 3.05) is 26.2 Å². The molecule has 0 aromatic carbocycles. The molecule has 1 saturated heterocycles. The van der Waals surface area contributed by atoms with E-state index < -0.39 is 6.10 Å². The molecule has 170 valence electrons. The van der Waals surface area contributed by atoms with Crippen molar-refractivity contribution in [3.63, 3.8) is 0 Å². The zero-order valence-corrected chi connectivity index (χ0v) is 18.8. The lowest BCUT2D eigenvalue weighted by atomic mass is 9.75. The van der Waals surface area contributed by atoms with Gasteiger partial charge in [-0.2, -0.15) is 0 Å². The molecule has 0 aromatic heterocycles. The molecule has 6 nitrogen and oxygen atoms in total. The molecule has 1 heterocycles. The van der Waals surface area contributed by atoms with Gasteiger partial charge in [0.15, 0.2) is 0 Å². The van der Waals surface area contributed by atoms with Gasteiger partial charge in [-0.15, -0.1) is 0 Å². The molecule has 0 bridgehead atoms. The number of carbonyl (C=O) groups is 2. The zero-order chi connectivity index (χ0) is 21.8. The minimum atomic E-state index is -0.652. The molecule has 1 saturated carbocycles. The molecule has 30 heavy (non-hydrogen) atoms. The summed E-state index contributed by atoms with van der Waals surface area (Å²) in [5.41, 5.74) is 1.12. The summed E-state index contributed by atoms with van der Waals surface area (Å²) in [4.78, 5) is 25.2. The van der Waals surface area contributed by atoms with E-state index in [1.807, 2.05) is 0 Å². The monoisotopic (exact) mass is 419 g/mol. The molecule has 6 heteroatoms. The van der Waals surface area contributed by atoms with Gasteiger partial charge >= 0.3 is 0 Å². The number of allylic oxidation sites excluding steroid dienone is 3. The maximum atomic E-state index is 12.3. The minimum Gasteiger partial charge on any atom is -0.390 e. The van der Waals surface area contributed by atoms with Gasteiger partial charge < -0.3 is 20.6 Å². The smallest absolute Gasteiger partial charge is 0.239 e. The first-order valence-corrected chi connectivity index (χ1v) is 11.8. The molecule has 4 atom stereocenters. The summed E-state index contributed by atoms with van der Waals surface area (Å²) >= 11 is 0. The SMILES string of the molecule is CC/C=C\C(=C/CC)CC(NC(=O)CNC=O)C(O)CN1CCC2CCCCC2C1. The Bertz CT molecular complexity index is 590. The molecule has 1 aliphatic heterocycles. The number of aliphatic hydroxyl groups is 1. The Labute approximate surface area is 182 Å². The van der Waals surface area contributed by atoms with E-state index in [9.17, 15) is 14.7 Å². The van der Waals surface area contributed by atoms with Crippen molar-refractivity contribution in [2.24, 2.45) is 11.8 Å². The molecule has 3 N–H and O–H groups in total. The third kappa shape index (κ3) is 8.23. The van der Waals surface area contributed by atoms with E-state index in [1.165, 1.54) is 32.1 Å². The highest BCUT2D eigenvalue weighted by Crippen LogP contribution is 2.36. The first-order valence-electron chi connectivity index (χ1n) is 11.8. The van der Waals surface area contributed by atoms with Crippen LogP contribution in [0.2, 0.25) is 0 Å². The Hall–Kier alpha value is -1.66. The Morgan fingerprint density at radius 2 is 1.93 bits per heavy atom. The largest absolute Gasteiger partial charge is 0.390 e. The number of fused-ring (bicyclic) bond motifs is 1. The fraction of sp³-hybridized carbons (Fsp3) is 0.750. The Balaban J connectivity index is 2.01. The first kappa shape index (κ1) is 24.6. The van der Waals surface area contributed by atoms with Gasteiger partial charge in [-0.05, 0) is 50.5 Å². The Kier molecular flexibility index (Phi) is 11.2. The molecular formula is C24H41N3O3. The van der Waals surface area contributed by atoms with E-state index in [0.717, 1.165) is 43.3 Å². The van der Waals surface area contributed by atoms with Crippen LogP contribution in [0, 0.1) is 11.8 Å². The van der Waals surface area contributed by atoms with Crippen LogP contribution in [0.3, 0.4) is 0 Å². The molecule has 0 spiro atoms. The van der Waals surface area contributed by atoms with Crippen LogP contribution in [-0.4, -0.2) is 60.6 Å². The van der Waals surface area contributed by atoms with E-state index in [1.54, 1.807) is 0 Å². The van der Waals surface area contributed by atoms with Crippen LogP contribution in [0.15, 0.2) is 23.8 Å². The molecule has 4 unspecified atom stereocenters. The van der Waals surface area contributed by atoms with Gasteiger partial charge in [0, 0.05) is 13.1 Å². The lowest BCUT2D eigenvalue weighted by molar-refractivity contribution is -0.123.